The first kappa shape index (κ1) is 20.1. The van der Waals surface area contributed by atoms with Crippen molar-refractivity contribution in [2.75, 3.05) is 26.1 Å². The molecular formula is C20H20FN3O5. The first-order valence-electron chi connectivity index (χ1n) is 8.70. The van der Waals surface area contributed by atoms with E-state index in [0.29, 0.717) is 22.7 Å². The highest BCUT2D eigenvalue weighted by molar-refractivity contribution is 6.10. The van der Waals surface area contributed by atoms with Crippen molar-refractivity contribution in [1.82, 2.24) is 10.2 Å². The minimum atomic E-state index is -1.38. The zero-order valence-electron chi connectivity index (χ0n) is 16.1. The van der Waals surface area contributed by atoms with Crippen LogP contribution in [0.3, 0.4) is 0 Å². The third-order valence-electron chi connectivity index (χ3n) is 4.67. The third-order valence-corrected chi connectivity index (χ3v) is 4.67. The summed E-state index contributed by atoms with van der Waals surface area (Å²) in [5.74, 6) is -0.709. The first-order chi connectivity index (χ1) is 13.8. The molecule has 2 aromatic carbocycles. The van der Waals surface area contributed by atoms with Gasteiger partial charge in [0.2, 0.25) is 5.91 Å². The topological polar surface area (TPSA) is 97.0 Å². The third kappa shape index (κ3) is 3.84. The summed E-state index contributed by atoms with van der Waals surface area (Å²) in [4.78, 5) is 38.4. The van der Waals surface area contributed by atoms with Gasteiger partial charge in [-0.3, -0.25) is 14.5 Å². The lowest BCUT2D eigenvalue weighted by atomic mass is 9.92. The van der Waals surface area contributed by atoms with Crippen molar-refractivity contribution in [1.29, 1.82) is 0 Å². The largest absolute Gasteiger partial charge is 0.493 e. The Morgan fingerprint density at radius 2 is 1.76 bits per heavy atom. The van der Waals surface area contributed by atoms with Crippen LogP contribution in [0, 0.1) is 5.82 Å². The molecule has 2 N–H and O–H groups in total. The molecule has 0 radical (unpaired) electrons. The van der Waals surface area contributed by atoms with E-state index in [-0.39, 0.29) is 0 Å². The number of hydrogen-bond donors (Lipinski definition) is 2. The van der Waals surface area contributed by atoms with Crippen molar-refractivity contribution in [2.45, 2.75) is 12.5 Å². The molecule has 0 bridgehead atoms. The maximum Gasteiger partial charge on any atom is 0.325 e. The van der Waals surface area contributed by atoms with Gasteiger partial charge in [0.1, 0.15) is 17.9 Å². The molecule has 1 aliphatic rings. The summed E-state index contributed by atoms with van der Waals surface area (Å²) in [7, 11) is 2.96. The molecule has 1 unspecified atom stereocenters. The molecule has 152 valence electrons. The molecule has 1 saturated heterocycles. The molecule has 9 heteroatoms. The number of imide groups is 1. The van der Waals surface area contributed by atoms with Crippen LogP contribution in [0.25, 0.3) is 0 Å². The van der Waals surface area contributed by atoms with Gasteiger partial charge in [-0.15, -0.1) is 0 Å². The molecule has 4 amide bonds. The highest BCUT2D eigenvalue weighted by Crippen LogP contribution is 2.31. The molecule has 0 saturated carbocycles. The van der Waals surface area contributed by atoms with E-state index in [0.717, 1.165) is 4.90 Å². The molecule has 3 rings (SSSR count). The number of nitrogens with one attached hydrogen (secondary N) is 2. The van der Waals surface area contributed by atoms with Gasteiger partial charge in [0.25, 0.3) is 5.91 Å². The Kier molecular flexibility index (Phi) is 5.40. The second-order valence-corrected chi connectivity index (χ2v) is 6.57. The predicted molar refractivity (Wildman–Crippen MR) is 102 cm³/mol. The van der Waals surface area contributed by atoms with Crippen LogP contribution >= 0.6 is 0 Å². The number of amides is 4. The normalized spacial score (nSPS) is 18.4. The van der Waals surface area contributed by atoms with E-state index >= 15 is 0 Å². The van der Waals surface area contributed by atoms with Crippen LogP contribution in [-0.2, 0) is 15.1 Å². The van der Waals surface area contributed by atoms with Crippen LogP contribution in [0.4, 0.5) is 14.9 Å². The van der Waals surface area contributed by atoms with E-state index in [4.69, 9.17) is 9.47 Å². The molecule has 0 aliphatic carbocycles. The molecule has 29 heavy (non-hydrogen) atoms. The lowest BCUT2D eigenvalue weighted by Gasteiger charge is -2.22. The van der Waals surface area contributed by atoms with E-state index in [1.54, 1.807) is 18.2 Å². The fourth-order valence-corrected chi connectivity index (χ4v) is 3.08. The van der Waals surface area contributed by atoms with Crippen LogP contribution < -0.4 is 20.1 Å². The summed E-state index contributed by atoms with van der Waals surface area (Å²) in [6, 6.07) is 9.32. The summed E-state index contributed by atoms with van der Waals surface area (Å²) >= 11 is 0. The van der Waals surface area contributed by atoms with Gasteiger partial charge in [-0.1, -0.05) is 12.1 Å². The Hall–Kier alpha value is -3.62. The molecule has 2 aromatic rings. The van der Waals surface area contributed by atoms with Gasteiger partial charge < -0.3 is 20.1 Å². The molecule has 8 nitrogen and oxygen atoms in total. The predicted octanol–water partition coefficient (Wildman–Crippen LogP) is 2.25. The number of urea groups is 1. The zero-order chi connectivity index (χ0) is 21.2. The van der Waals surface area contributed by atoms with Crippen molar-refractivity contribution in [3.8, 4) is 11.5 Å². The Balaban J connectivity index is 1.73. The number of halogens is 1. The average Bonchev–Trinajstić information content (AvgIpc) is 2.92. The lowest BCUT2D eigenvalue weighted by molar-refractivity contribution is -0.133. The smallest absolute Gasteiger partial charge is 0.325 e. The first-order valence-corrected chi connectivity index (χ1v) is 8.70. The molecule has 1 heterocycles. The van der Waals surface area contributed by atoms with Crippen molar-refractivity contribution in [2.24, 2.45) is 0 Å². The second kappa shape index (κ2) is 7.78. The monoisotopic (exact) mass is 401 g/mol. The van der Waals surface area contributed by atoms with Gasteiger partial charge in [0.15, 0.2) is 11.5 Å². The Labute approximate surface area is 166 Å². The van der Waals surface area contributed by atoms with Gasteiger partial charge >= 0.3 is 6.03 Å². The fraction of sp³-hybridized carbons (Fsp3) is 0.250. The summed E-state index contributed by atoms with van der Waals surface area (Å²) < 4.78 is 23.5. The number of carbonyl (C=O) groups excluding carboxylic acids is 3. The second-order valence-electron chi connectivity index (χ2n) is 6.57. The van der Waals surface area contributed by atoms with E-state index in [9.17, 15) is 18.8 Å². The van der Waals surface area contributed by atoms with Crippen molar-refractivity contribution < 1.29 is 28.2 Å². The van der Waals surface area contributed by atoms with Gasteiger partial charge in [-0.05, 0) is 36.8 Å². The summed E-state index contributed by atoms with van der Waals surface area (Å²) in [6.07, 6.45) is 0. The number of benzene rings is 2. The standard InChI is InChI=1S/C20H20FN3O5/c1-20(12-4-6-13(21)7-5-12)18(26)24(19(27)23-20)11-17(25)22-14-8-9-15(28-2)16(10-14)29-3/h4-10H,11H2,1-3H3,(H,22,25)(H,23,27). The Morgan fingerprint density at radius 1 is 1.10 bits per heavy atom. The molecule has 0 aromatic heterocycles. The van der Waals surface area contributed by atoms with Gasteiger partial charge in [-0.25, -0.2) is 9.18 Å². The molecule has 1 fully saturated rings. The number of hydrogen-bond acceptors (Lipinski definition) is 5. The van der Waals surface area contributed by atoms with E-state index in [1.807, 2.05) is 0 Å². The molecule has 0 spiro atoms. The number of nitrogens with zero attached hydrogens (tertiary/aromatic N) is 1. The molecule has 1 atom stereocenters. The van der Waals surface area contributed by atoms with E-state index in [2.05, 4.69) is 10.6 Å². The number of carbonyl (C=O) groups is 3. The van der Waals surface area contributed by atoms with Crippen LogP contribution in [0.2, 0.25) is 0 Å². The van der Waals surface area contributed by atoms with Crippen LogP contribution in [0.15, 0.2) is 42.5 Å². The summed E-state index contributed by atoms with van der Waals surface area (Å²) in [6.45, 7) is 1.03. The number of anilines is 1. The summed E-state index contributed by atoms with van der Waals surface area (Å²) in [5.41, 5.74) is -0.546. The van der Waals surface area contributed by atoms with Gasteiger partial charge in [0.05, 0.1) is 14.2 Å². The highest BCUT2D eigenvalue weighted by Gasteiger charge is 2.49. The number of rotatable bonds is 6. The van der Waals surface area contributed by atoms with E-state index < -0.39 is 35.7 Å². The highest BCUT2D eigenvalue weighted by atomic mass is 19.1. The molecular weight excluding hydrogens is 381 g/mol. The van der Waals surface area contributed by atoms with Crippen molar-refractivity contribution in [3.05, 3.63) is 53.8 Å². The average molecular weight is 401 g/mol. The van der Waals surface area contributed by atoms with Crippen LogP contribution in [-0.4, -0.2) is 43.5 Å². The maximum atomic E-state index is 13.2. The Morgan fingerprint density at radius 3 is 2.38 bits per heavy atom. The summed E-state index contributed by atoms with van der Waals surface area (Å²) in [5, 5.41) is 5.18. The quantitative estimate of drug-likeness (QED) is 0.724. The van der Waals surface area contributed by atoms with Gasteiger partial charge in [-0.2, -0.15) is 0 Å². The van der Waals surface area contributed by atoms with Crippen LogP contribution in [0.5, 0.6) is 11.5 Å². The molecule has 1 aliphatic heterocycles. The van der Waals surface area contributed by atoms with Crippen molar-refractivity contribution >= 4 is 23.5 Å². The van der Waals surface area contributed by atoms with Crippen LogP contribution in [0.1, 0.15) is 12.5 Å². The maximum absolute atomic E-state index is 13.2. The minimum absolute atomic E-state index is 0.417. The SMILES string of the molecule is COc1ccc(NC(=O)CN2C(=O)NC(C)(c3ccc(F)cc3)C2=O)cc1OC. The zero-order valence-corrected chi connectivity index (χ0v) is 16.1. The lowest BCUT2D eigenvalue weighted by Crippen LogP contribution is -2.42. The van der Waals surface area contributed by atoms with E-state index in [1.165, 1.54) is 45.4 Å². The van der Waals surface area contributed by atoms with Gasteiger partial charge in [0, 0.05) is 11.8 Å². The Bertz CT molecular complexity index is 963. The minimum Gasteiger partial charge on any atom is -0.493 e. The van der Waals surface area contributed by atoms with Crippen molar-refractivity contribution in [3.63, 3.8) is 0 Å². The number of methoxy groups -OCH3 is 2. The fourth-order valence-electron chi connectivity index (χ4n) is 3.08. The number of ether oxygens (including phenoxy) is 2.